The molecule has 1 amide bonds. The Kier molecular flexibility index (Phi) is 8.10. The van der Waals surface area contributed by atoms with E-state index in [9.17, 15) is 18.0 Å². The second-order valence-corrected chi connectivity index (χ2v) is 9.55. The van der Waals surface area contributed by atoms with Crippen LogP contribution in [0.3, 0.4) is 0 Å². The van der Waals surface area contributed by atoms with Gasteiger partial charge in [-0.3, -0.25) is 9.93 Å². The Morgan fingerprint density at radius 2 is 1.87 bits per heavy atom. The standard InChI is InChI=1S/C13H20F3N3OS.C10H12/c14-13(15,16)11(20)19(9-1-2-9)10-5-12(6-10)7-18(8-12)3-4-21-17;1-2-3-7-10-8-5-4-6-9-10/h9-10H,1-8,17H2;3-9H,2H2,1H3/b;7-3-. The topological polar surface area (TPSA) is 49.6 Å². The quantitative estimate of drug-likeness (QED) is 0.605. The molecular formula is C23H32F3N3OS. The zero-order valence-electron chi connectivity index (χ0n) is 18.0. The molecule has 2 saturated carbocycles. The van der Waals surface area contributed by atoms with Crippen molar-refractivity contribution in [3.8, 4) is 0 Å². The molecule has 4 rings (SSSR count). The van der Waals surface area contributed by atoms with Crippen LogP contribution in [0.1, 0.15) is 44.6 Å². The van der Waals surface area contributed by atoms with Crippen LogP contribution < -0.4 is 5.14 Å². The van der Waals surface area contributed by atoms with Crippen molar-refractivity contribution >= 4 is 23.9 Å². The van der Waals surface area contributed by atoms with Gasteiger partial charge in [0.2, 0.25) is 0 Å². The monoisotopic (exact) mass is 455 g/mol. The van der Waals surface area contributed by atoms with Crippen LogP contribution in [0.4, 0.5) is 13.2 Å². The first-order chi connectivity index (χ1) is 14.8. The van der Waals surface area contributed by atoms with E-state index in [-0.39, 0.29) is 17.5 Å². The average molecular weight is 456 g/mol. The first-order valence-corrected chi connectivity index (χ1v) is 12.0. The molecule has 0 aromatic heterocycles. The number of nitrogens with zero attached hydrogens (tertiary/aromatic N) is 2. The number of rotatable bonds is 7. The summed E-state index contributed by atoms with van der Waals surface area (Å²) in [5.74, 6) is -0.763. The van der Waals surface area contributed by atoms with Gasteiger partial charge in [0.05, 0.1) is 0 Å². The molecule has 3 fully saturated rings. The third-order valence-corrected chi connectivity index (χ3v) is 6.56. The maximum Gasteiger partial charge on any atom is 0.471 e. The highest BCUT2D eigenvalue weighted by atomic mass is 32.2. The van der Waals surface area contributed by atoms with E-state index in [1.165, 1.54) is 17.5 Å². The fourth-order valence-electron chi connectivity index (χ4n) is 4.58. The van der Waals surface area contributed by atoms with Crippen molar-refractivity contribution in [2.45, 2.75) is 57.3 Å². The summed E-state index contributed by atoms with van der Waals surface area (Å²) >= 11 is 1.31. The number of halogens is 3. The van der Waals surface area contributed by atoms with Crippen LogP contribution in [0, 0.1) is 5.41 Å². The van der Waals surface area contributed by atoms with E-state index in [0.29, 0.717) is 12.8 Å². The smallest absolute Gasteiger partial charge is 0.329 e. The van der Waals surface area contributed by atoms with Crippen molar-refractivity contribution in [2.75, 3.05) is 25.4 Å². The molecule has 8 heteroatoms. The first-order valence-electron chi connectivity index (χ1n) is 10.9. The van der Waals surface area contributed by atoms with Crippen LogP contribution in [0.5, 0.6) is 0 Å². The molecule has 3 aliphatic rings. The predicted molar refractivity (Wildman–Crippen MR) is 120 cm³/mol. The van der Waals surface area contributed by atoms with Crippen LogP contribution in [0.15, 0.2) is 36.4 Å². The van der Waals surface area contributed by atoms with E-state index in [1.54, 1.807) is 0 Å². The van der Waals surface area contributed by atoms with Gasteiger partial charge >= 0.3 is 12.1 Å². The summed E-state index contributed by atoms with van der Waals surface area (Å²) < 4.78 is 38.1. The van der Waals surface area contributed by atoms with E-state index >= 15 is 0 Å². The largest absolute Gasteiger partial charge is 0.471 e. The second kappa shape index (κ2) is 10.4. The Morgan fingerprint density at radius 3 is 2.39 bits per heavy atom. The van der Waals surface area contributed by atoms with E-state index in [0.717, 1.165) is 49.5 Å². The van der Waals surface area contributed by atoms with Gasteiger partial charge in [0.1, 0.15) is 0 Å². The number of nitrogens with two attached hydrogens (primary N) is 1. The lowest BCUT2D eigenvalue weighted by Gasteiger charge is -2.61. The highest BCUT2D eigenvalue weighted by Gasteiger charge is 2.58. The fraction of sp³-hybridized carbons (Fsp3) is 0.609. The van der Waals surface area contributed by atoms with Crippen LogP contribution in [-0.4, -0.2) is 59.4 Å². The third-order valence-electron chi connectivity index (χ3n) is 6.14. The number of carbonyl (C=O) groups excluding carboxylic acids is 1. The number of hydrogen-bond donors (Lipinski definition) is 1. The Balaban J connectivity index is 0.000000229. The van der Waals surface area contributed by atoms with Crippen LogP contribution in [0.25, 0.3) is 6.08 Å². The van der Waals surface area contributed by atoms with Gasteiger partial charge < -0.3 is 9.80 Å². The van der Waals surface area contributed by atoms with Crippen LogP contribution >= 0.6 is 11.9 Å². The maximum atomic E-state index is 12.7. The van der Waals surface area contributed by atoms with Crippen molar-refractivity contribution in [1.82, 2.24) is 9.80 Å². The Morgan fingerprint density at radius 1 is 1.23 bits per heavy atom. The summed E-state index contributed by atoms with van der Waals surface area (Å²) in [5.41, 5.74) is 1.44. The number of carbonyl (C=O) groups is 1. The van der Waals surface area contributed by atoms with Gasteiger partial charge in [0.25, 0.3) is 0 Å². The van der Waals surface area contributed by atoms with E-state index in [2.05, 4.69) is 48.2 Å². The lowest BCUT2D eigenvalue weighted by atomic mass is 9.60. The highest BCUT2D eigenvalue weighted by Crippen LogP contribution is 2.52. The highest BCUT2D eigenvalue weighted by molar-refractivity contribution is 7.97. The molecule has 0 radical (unpaired) electrons. The maximum absolute atomic E-state index is 12.7. The van der Waals surface area contributed by atoms with Crippen LogP contribution in [-0.2, 0) is 4.79 Å². The SMILES string of the molecule is CC/C=C\c1ccccc1.NSCCN1CC2(CC(N(C(=O)C(F)(F)F)C3CC3)C2)C1. The normalized spacial score (nSPS) is 20.7. The number of likely N-dealkylation sites (tertiary alicyclic amines) is 1. The molecule has 1 spiro atoms. The molecule has 4 nitrogen and oxygen atoms in total. The molecular weight excluding hydrogens is 423 g/mol. The minimum Gasteiger partial charge on any atom is -0.329 e. The lowest BCUT2D eigenvalue weighted by Crippen LogP contribution is -2.68. The van der Waals surface area contributed by atoms with Gasteiger partial charge in [-0.15, -0.1) is 0 Å². The molecule has 172 valence electrons. The molecule has 1 aliphatic heterocycles. The Bertz CT molecular complexity index is 738. The molecule has 1 heterocycles. The van der Waals surface area contributed by atoms with E-state index in [1.807, 2.05) is 6.07 Å². The zero-order chi connectivity index (χ0) is 22.5. The molecule has 1 aromatic carbocycles. The predicted octanol–water partition coefficient (Wildman–Crippen LogP) is 4.72. The number of allylic oxidation sites excluding steroid dienone is 1. The minimum absolute atomic E-state index is 0.156. The van der Waals surface area contributed by atoms with Gasteiger partial charge in [-0.05, 0) is 43.1 Å². The Hall–Kier alpha value is -1.51. The molecule has 2 N–H and O–H groups in total. The first kappa shape index (κ1) is 24.1. The number of alkyl halides is 3. The van der Waals surface area contributed by atoms with Crippen LogP contribution in [0.2, 0.25) is 0 Å². The van der Waals surface area contributed by atoms with Gasteiger partial charge in [-0.2, -0.15) is 13.2 Å². The molecule has 2 aliphatic carbocycles. The van der Waals surface area contributed by atoms with Crippen molar-refractivity contribution in [3.05, 3.63) is 42.0 Å². The Labute approximate surface area is 187 Å². The molecule has 1 saturated heterocycles. The van der Waals surface area contributed by atoms with E-state index < -0.39 is 12.1 Å². The summed E-state index contributed by atoms with van der Waals surface area (Å²) in [6, 6.07) is 9.95. The molecule has 31 heavy (non-hydrogen) atoms. The summed E-state index contributed by atoms with van der Waals surface area (Å²) in [4.78, 5) is 15.0. The summed E-state index contributed by atoms with van der Waals surface area (Å²) in [5, 5.41) is 5.39. The van der Waals surface area contributed by atoms with Gasteiger partial charge in [-0.1, -0.05) is 61.4 Å². The minimum atomic E-state index is -4.74. The third kappa shape index (κ3) is 6.49. The summed E-state index contributed by atoms with van der Waals surface area (Å²) in [6.07, 6.45) is 3.53. The van der Waals surface area contributed by atoms with Crippen molar-refractivity contribution in [2.24, 2.45) is 10.6 Å². The lowest BCUT2D eigenvalue weighted by molar-refractivity contribution is -0.197. The summed E-state index contributed by atoms with van der Waals surface area (Å²) in [6.45, 7) is 4.94. The van der Waals surface area contributed by atoms with Crippen molar-refractivity contribution < 1.29 is 18.0 Å². The number of hydrogen-bond acceptors (Lipinski definition) is 4. The van der Waals surface area contributed by atoms with Gasteiger partial charge in [-0.25, -0.2) is 0 Å². The zero-order valence-corrected chi connectivity index (χ0v) is 18.8. The molecule has 1 aromatic rings. The van der Waals surface area contributed by atoms with Gasteiger partial charge in [0.15, 0.2) is 0 Å². The number of benzene rings is 1. The summed E-state index contributed by atoms with van der Waals surface area (Å²) in [7, 11) is 0. The average Bonchev–Trinajstić information content (AvgIpc) is 3.51. The second-order valence-electron chi connectivity index (χ2n) is 8.81. The van der Waals surface area contributed by atoms with Crippen molar-refractivity contribution in [3.63, 3.8) is 0 Å². The molecule has 0 atom stereocenters. The molecule has 0 unspecified atom stereocenters. The van der Waals surface area contributed by atoms with E-state index in [4.69, 9.17) is 5.14 Å². The van der Waals surface area contributed by atoms with Crippen molar-refractivity contribution in [1.29, 1.82) is 0 Å². The number of amides is 1. The fourth-order valence-corrected chi connectivity index (χ4v) is 4.95. The molecule has 0 bridgehead atoms. The van der Waals surface area contributed by atoms with Gasteiger partial charge in [0, 0.05) is 37.5 Å².